The van der Waals surface area contributed by atoms with Crippen molar-refractivity contribution < 1.29 is 14.6 Å². The number of ether oxygens (including phenoxy) is 1. The van der Waals surface area contributed by atoms with Gasteiger partial charge in [0.25, 0.3) is 0 Å². The van der Waals surface area contributed by atoms with Crippen molar-refractivity contribution in [1.82, 2.24) is 0 Å². The number of carbonyl (C=O) groups is 1. The average molecular weight is 323 g/mol. The van der Waals surface area contributed by atoms with Gasteiger partial charge in [-0.05, 0) is 42.3 Å². The van der Waals surface area contributed by atoms with Crippen LogP contribution in [0.4, 0.5) is 0 Å². The van der Waals surface area contributed by atoms with Crippen LogP contribution in [0.2, 0.25) is 5.02 Å². The highest BCUT2D eigenvalue weighted by Gasteiger charge is 2.04. The molecule has 1 N–H and O–H groups in total. The Bertz CT molecular complexity index is 661. The third kappa shape index (κ3) is 4.62. The van der Waals surface area contributed by atoms with Gasteiger partial charge in [-0.25, -0.2) is 4.79 Å². The highest BCUT2D eigenvalue weighted by Crippen LogP contribution is 2.28. The summed E-state index contributed by atoms with van der Waals surface area (Å²) in [6.07, 6.45) is 3.59. The third-order valence-corrected chi connectivity index (χ3v) is 4.31. The largest absolute Gasteiger partial charge is 0.487 e. The summed E-state index contributed by atoms with van der Waals surface area (Å²) in [5, 5.41) is 9.06. The summed E-state index contributed by atoms with van der Waals surface area (Å²) in [7, 11) is 0. The zero-order chi connectivity index (χ0) is 15.2. The number of thiophene rings is 1. The Morgan fingerprint density at radius 3 is 2.71 bits per heavy atom. The van der Waals surface area contributed by atoms with E-state index in [1.54, 1.807) is 29.5 Å². The highest BCUT2D eigenvalue weighted by atomic mass is 35.5. The van der Waals surface area contributed by atoms with Gasteiger partial charge in [0.2, 0.25) is 0 Å². The molecule has 1 heterocycles. The van der Waals surface area contributed by atoms with Crippen molar-refractivity contribution >= 4 is 35.0 Å². The van der Waals surface area contributed by atoms with Crippen molar-refractivity contribution in [3.05, 3.63) is 56.7 Å². The van der Waals surface area contributed by atoms with Gasteiger partial charge >= 0.3 is 5.97 Å². The van der Waals surface area contributed by atoms with Crippen molar-refractivity contribution in [2.75, 3.05) is 0 Å². The molecule has 0 saturated carbocycles. The summed E-state index contributed by atoms with van der Waals surface area (Å²) in [6, 6.07) is 9.36. The zero-order valence-corrected chi connectivity index (χ0v) is 13.1. The van der Waals surface area contributed by atoms with E-state index in [0.717, 1.165) is 22.9 Å². The summed E-state index contributed by atoms with van der Waals surface area (Å²) < 4.78 is 5.70. The van der Waals surface area contributed by atoms with Gasteiger partial charge in [0, 0.05) is 15.8 Å². The van der Waals surface area contributed by atoms with Gasteiger partial charge in [0.15, 0.2) is 0 Å². The van der Waals surface area contributed by atoms with Crippen molar-refractivity contribution in [2.45, 2.75) is 20.0 Å². The van der Waals surface area contributed by atoms with E-state index in [1.807, 2.05) is 0 Å². The minimum Gasteiger partial charge on any atom is -0.487 e. The molecule has 0 aliphatic heterocycles. The molecular weight excluding hydrogens is 308 g/mol. The predicted molar refractivity (Wildman–Crippen MR) is 86.2 cm³/mol. The number of hydrogen-bond acceptors (Lipinski definition) is 3. The molecule has 2 rings (SSSR count). The fourth-order valence-electron chi connectivity index (χ4n) is 1.74. The fourth-order valence-corrected chi connectivity index (χ4v) is 2.86. The molecule has 0 atom stereocenters. The molecule has 0 radical (unpaired) electrons. The van der Waals surface area contributed by atoms with E-state index in [1.165, 1.54) is 11.0 Å². The van der Waals surface area contributed by atoms with Crippen LogP contribution in [0.25, 0.3) is 6.08 Å². The minimum absolute atomic E-state index is 0.467. The Balaban J connectivity index is 2.02. The Morgan fingerprint density at radius 1 is 1.33 bits per heavy atom. The van der Waals surface area contributed by atoms with Crippen LogP contribution in [0.3, 0.4) is 0 Å². The second kappa shape index (κ2) is 7.29. The molecule has 0 amide bonds. The first-order valence-electron chi connectivity index (χ1n) is 6.49. The van der Waals surface area contributed by atoms with Crippen molar-refractivity contribution in [3.63, 3.8) is 0 Å². The molecule has 5 heteroatoms. The van der Waals surface area contributed by atoms with Crippen molar-refractivity contribution in [2.24, 2.45) is 0 Å². The lowest BCUT2D eigenvalue weighted by atomic mass is 10.2. The van der Waals surface area contributed by atoms with E-state index >= 15 is 0 Å². The molecule has 0 unspecified atom stereocenters. The average Bonchev–Trinajstić information content (AvgIpc) is 2.92. The van der Waals surface area contributed by atoms with Crippen LogP contribution in [0.15, 0.2) is 36.4 Å². The molecule has 0 spiro atoms. The molecule has 3 nitrogen and oxygen atoms in total. The number of rotatable bonds is 6. The standard InChI is InChI=1S/C16H15ClO3S/c1-2-12-5-6-13(21-12)10-20-15-7-3-11(9-14(15)17)4-8-16(18)19/h3-9H,2,10H2,1H3,(H,18,19). The van der Waals surface area contributed by atoms with Crippen LogP contribution in [-0.4, -0.2) is 11.1 Å². The van der Waals surface area contributed by atoms with Crippen molar-refractivity contribution in [3.8, 4) is 5.75 Å². The quantitative estimate of drug-likeness (QED) is 0.788. The maximum absolute atomic E-state index is 10.5. The van der Waals surface area contributed by atoms with Gasteiger partial charge in [-0.3, -0.25) is 0 Å². The maximum Gasteiger partial charge on any atom is 0.328 e. The fraction of sp³-hybridized carbons (Fsp3) is 0.188. The second-order valence-electron chi connectivity index (χ2n) is 4.37. The van der Waals surface area contributed by atoms with Gasteiger partial charge in [-0.1, -0.05) is 24.6 Å². The molecule has 0 aliphatic carbocycles. The van der Waals surface area contributed by atoms with Gasteiger partial charge in [-0.15, -0.1) is 11.3 Å². The first kappa shape index (κ1) is 15.6. The first-order chi connectivity index (χ1) is 10.1. The molecule has 0 saturated heterocycles. The van der Waals surface area contributed by atoms with E-state index in [0.29, 0.717) is 17.4 Å². The van der Waals surface area contributed by atoms with Crippen LogP contribution < -0.4 is 4.74 Å². The lowest BCUT2D eigenvalue weighted by Gasteiger charge is -2.07. The lowest BCUT2D eigenvalue weighted by molar-refractivity contribution is -0.131. The number of hydrogen-bond donors (Lipinski definition) is 1. The number of aryl methyl sites for hydroxylation is 1. The van der Waals surface area contributed by atoms with E-state index in [2.05, 4.69) is 19.1 Å². The van der Waals surface area contributed by atoms with Gasteiger partial charge in [0.05, 0.1) is 5.02 Å². The van der Waals surface area contributed by atoms with Crippen LogP contribution in [0.5, 0.6) is 5.75 Å². The molecule has 0 bridgehead atoms. The summed E-state index contributed by atoms with van der Waals surface area (Å²) in [4.78, 5) is 12.9. The Morgan fingerprint density at radius 2 is 2.10 bits per heavy atom. The Labute approximate surface area is 132 Å². The smallest absolute Gasteiger partial charge is 0.328 e. The summed E-state index contributed by atoms with van der Waals surface area (Å²) in [6.45, 7) is 2.60. The summed E-state index contributed by atoms with van der Waals surface area (Å²) >= 11 is 7.87. The number of benzene rings is 1. The normalized spacial score (nSPS) is 11.0. The topological polar surface area (TPSA) is 46.5 Å². The molecule has 0 fully saturated rings. The van der Waals surface area contributed by atoms with Gasteiger partial charge < -0.3 is 9.84 Å². The lowest BCUT2D eigenvalue weighted by Crippen LogP contribution is -1.93. The first-order valence-corrected chi connectivity index (χ1v) is 7.69. The Kier molecular flexibility index (Phi) is 5.42. The molecule has 21 heavy (non-hydrogen) atoms. The molecule has 110 valence electrons. The maximum atomic E-state index is 10.5. The number of halogens is 1. The number of aliphatic carboxylic acids is 1. The minimum atomic E-state index is -0.990. The van der Waals surface area contributed by atoms with Crippen molar-refractivity contribution in [1.29, 1.82) is 0 Å². The van der Waals surface area contributed by atoms with Gasteiger partial charge in [0.1, 0.15) is 12.4 Å². The van der Waals surface area contributed by atoms with Crippen LogP contribution in [-0.2, 0) is 17.8 Å². The SMILES string of the molecule is CCc1ccc(COc2ccc(C=CC(=O)O)cc2Cl)s1. The van der Waals surface area contributed by atoms with E-state index < -0.39 is 5.97 Å². The molecule has 2 aromatic rings. The van der Waals surface area contributed by atoms with E-state index in [4.69, 9.17) is 21.4 Å². The summed E-state index contributed by atoms with van der Waals surface area (Å²) in [5.41, 5.74) is 0.721. The second-order valence-corrected chi connectivity index (χ2v) is 6.03. The Hall–Kier alpha value is -1.78. The third-order valence-electron chi connectivity index (χ3n) is 2.81. The van der Waals surface area contributed by atoms with Crippen LogP contribution in [0, 0.1) is 0 Å². The van der Waals surface area contributed by atoms with E-state index in [9.17, 15) is 4.79 Å². The van der Waals surface area contributed by atoms with Gasteiger partial charge in [-0.2, -0.15) is 0 Å². The van der Waals surface area contributed by atoms with E-state index in [-0.39, 0.29) is 0 Å². The molecular formula is C16H15ClO3S. The molecule has 0 aliphatic rings. The predicted octanol–water partition coefficient (Wildman–Crippen LogP) is 4.64. The summed E-state index contributed by atoms with van der Waals surface area (Å²) in [5.74, 6) is -0.397. The molecule has 1 aromatic heterocycles. The number of carboxylic acid groups (broad SMARTS) is 1. The number of carboxylic acids is 1. The van der Waals surface area contributed by atoms with Crippen LogP contribution >= 0.6 is 22.9 Å². The molecule has 1 aromatic carbocycles. The van der Waals surface area contributed by atoms with Crippen LogP contribution in [0.1, 0.15) is 22.2 Å². The monoisotopic (exact) mass is 322 g/mol. The highest BCUT2D eigenvalue weighted by molar-refractivity contribution is 7.11. The zero-order valence-electron chi connectivity index (χ0n) is 11.5.